The number of hydrogen-bond donors (Lipinski definition) is 1. The fraction of sp³-hybridized carbons (Fsp3) is 0.600. The van der Waals surface area contributed by atoms with Crippen LogP contribution in [0.4, 0.5) is 0 Å². The van der Waals surface area contributed by atoms with Crippen LogP contribution < -0.4 is 5.73 Å². The summed E-state index contributed by atoms with van der Waals surface area (Å²) < 4.78 is 5.63. The largest absolute Gasteiger partial charge is 0.464 e. The number of aryl methyl sites for hydroxylation is 1. The summed E-state index contributed by atoms with van der Waals surface area (Å²) in [7, 11) is 0. The number of fused-ring (bicyclic) bond motifs is 1. The molecule has 0 aliphatic heterocycles. The van der Waals surface area contributed by atoms with Crippen LogP contribution in [0.1, 0.15) is 37.0 Å². The zero-order valence-corrected chi connectivity index (χ0v) is 7.63. The molecule has 1 heterocycles. The van der Waals surface area contributed by atoms with Crippen molar-refractivity contribution in [2.75, 3.05) is 0 Å². The quantitative estimate of drug-likeness (QED) is 0.691. The molecule has 1 aliphatic carbocycles. The minimum atomic E-state index is 0.125. The Morgan fingerprint density at radius 2 is 2.42 bits per heavy atom. The van der Waals surface area contributed by atoms with Gasteiger partial charge in [-0.2, -0.15) is 0 Å². The Morgan fingerprint density at radius 3 is 3.00 bits per heavy atom. The lowest BCUT2D eigenvalue weighted by atomic mass is 10.1. The SMILES string of the molecule is CCc1cc2c(o1)C(N)C(C)C2. The summed E-state index contributed by atoms with van der Waals surface area (Å²) in [4.78, 5) is 0. The molecule has 1 aromatic rings. The molecule has 2 unspecified atom stereocenters. The highest BCUT2D eigenvalue weighted by molar-refractivity contribution is 5.30. The minimum Gasteiger partial charge on any atom is -0.464 e. The fourth-order valence-electron chi connectivity index (χ4n) is 1.85. The topological polar surface area (TPSA) is 39.2 Å². The Labute approximate surface area is 72.7 Å². The van der Waals surface area contributed by atoms with Crippen molar-refractivity contribution in [3.8, 4) is 0 Å². The summed E-state index contributed by atoms with van der Waals surface area (Å²) in [6.45, 7) is 4.27. The highest BCUT2D eigenvalue weighted by Gasteiger charge is 2.30. The molecule has 1 aromatic heterocycles. The van der Waals surface area contributed by atoms with Crippen molar-refractivity contribution in [1.29, 1.82) is 0 Å². The van der Waals surface area contributed by atoms with E-state index in [9.17, 15) is 0 Å². The highest BCUT2D eigenvalue weighted by atomic mass is 16.3. The van der Waals surface area contributed by atoms with Crippen molar-refractivity contribution in [2.24, 2.45) is 11.7 Å². The zero-order chi connectivity index (χ0) is 8.72. The van der Waals surface area contributed by atoms with E-state index in [0.717, 1.165) is 24.4 Å². The van der Waals surface area contributed by atoms with E-state index < -0.39 is 0 Å². The van der Waals surface area contributed by atoms with E-state index in [1.54, 1.807) is 0 Å². The van der Waals surface area contributed by atoms with Crippen molar-refractivity contribution >= 4 is 0 Å². The molecule has 2 rings (SSSR count). The Kier molecular flexibility index (Phi) is 1.72. The molecule has 1 aliphatic rings. The van der Waals surface area contributed by atoms with Crippen LogP contribution in [0.3, 0.4) is 0 Å². The molecule has 0 fully saturated rings. The van der Waals surface area contributed by atoms with Gasteiger partial charge in [0.2, 0.25) is 0 Å². The molecule has 0 aromatic carbocycles. The van der Waals surface area contributed by atoms with Crippen molar-refractivity contribution in [3.05, 3.63) is 23.2 Å². The van der Waals surface area contributed by atoms with Crippen LogP contribution in [0, 0.1) is 5.92 Å². The maximum Gasteiger partial charge on any atom is 0.124 e. The Morgan fingerprint density at radius 1 is 1.67 bits per heavy atom. The van der Waals surface area contributed by atoms with Crippen LogP contribution in [0.25, 0.3) is 0 Å². The molecule has 0 amide bonds. The second kappa shape index (κ2) is 2.63. The van der Waals surface area contributed by atoms with Gasteiger partial charge in [-0.25, -0.2) is 0 Å². The summed E-state index contributed by atoms with van der Waals surface area (Å²) in [5, 5.41) is 0. The predicted octanol–water partition coefficient (Wildman–Crippen LogP) is 2.03. The summed E-state index contributed by atoms with van der Waals surface area (Å²) in [5.41, 5.74) is 7.29. The second-order valence-corrected chi connectivity index (χ2v) is 3.66. The first-order valence-electron chi connectivity index (χ1n) is 4.59. The summed E-state index contributed by atoms with van der Waals surface area (Å²) >= 11 is 0. The van der Waals surface area contributed by atoms with Gasteiger partial charge in [0, 0.05) is 6.42 Å². The van der Waals surface area contributed by atoms with Gasteiger partial charge in [-0.1, -0.05) is 13.8 Å². The van der Waals surface area contributed by atoms with Crippen LogP contribution in [-0.2, 0) is 12.8 Å². The van der Waals surface area contributed by atoms with Crippen LogP contribution in [-0.4, -0.2) is 0 Å². The number of hydrogen-bond acceptors (Lipinski definition) is 2. The molecule has 2 atom stereocenters. The molecular formula is C10H15NO. The number of nitrogens with two attached hydrogens (primary N) is 1. The lowest BCUT2D eigenvalue weighted by Gasteiger charge is -2.07. The summed E-state index contributed by atoms with van der Waals surface area (Å²) in [6, 6.07) is 2.28. The van der Waals surface area contributed by atoms with Gasteiger partial charge < -0.3 is 10.2 Å². The maximum atomic E-state index is 5.96. The van der Waals surface area contributed by atoms with Crippen LogP contribution in [0.5, 0.6) is 0 Å². The van der Waals surface area contributed by atoms with Gasteiger partial charge in [-0.3, -0.25) is 0 Å². The second-order valence-electron chi connectivity index (χ2n) is 3.66. The highest BCUT2D eigenvalue weighted by Crippen LogP contribution is 2.36. The molecule has 12 heavy (non-hydrogen) atoms. The normalized spacial score (nSPS) is 27.6. The van der Waals surface area contributed by atoms with Crippen molar-refractivity contribution < 1.29 is 4.42 Å². The third kappa shape index (κ3) is 0.985. The van der Waals surface area contributed by atoms with Gasteiger partial charge in [0.1, 0.15) is 11.5 Å². The molecule has 0 bridgehead atoms. The molecule has 0 spiro atoms. The van der Waals surface area contributed by atoms with Crippen molar-refractivity contribution in [2.45, 2.75) is 32.7 Å². The monoisotopic (exact) mass is 165 g/mol. The van der Waals surface area contributed by atoms with E-state index in [2.05, 4.69) is 19.9 Å². The number of rotatable bonds is 1. The van der Waals surface area contributed by atoms with Crippen LogP contribution >= 0.6 is 0 Å². The standard InChI is InChI=1S/C10H15NO/c1-3-8-5-7-4-6(2)9(11)10(7)12-8/h5-6,9H,3-4,11H2,1-2H3. The maximum absolute atomic E-state index is 5.96. The molecule has 2 nitrogen and oxygen atoms in total. The molecule has 0 radical (unpaired) electrons. The van der Waals surface area contributed by atoms with Gasteiger partial charge in [0.15, 0.2) is 0 Å². The molecule has 2 N–H and O–H groups in total. The lowest BCUT2D eigenvalue weighted by molar-refractivity contribution is 0.400. The third-order valence-corrected chi connectivity index (χ3v) is 2.70. The van der Waals surface area contributed by atoms with E-state index in [1.165, 1.54) is 5.56 Å². The van der Waals surface area contributed by atoms with Gasteiger partial charge in [-0.15, -0.1) is 0 Å². The molecular weight excluding hydrogens is 150 g/mol. The summed E-state index contributed by atoms with van der Waals surface area (Å²) in [5.74, 6) is 2.64. The van der Waals surface area contributed by atoms with Crippen LogP contribution in [0.15, 0.2) is 10.5 Å². The zero-order valence-electron chi connectivity index (χ0n) is 7.63. The van der Waals surface area contributed by atoms with Gasteiger partial charge in [0.05, 0.1) is 6.04 Å². The van der Waals surface area contributed by atoms with E-state index in [4.69, 9.17) is 10.2 Å². The molecule has 0 saturated heterocycles. The van der Waals surface area contributed by atoms with E-state index in [1.807, 2.05) is 0 Å². The Hall–Kier alpha value is -0.760. The average Bonchev–Trinajstić information content (AvgIpc) is 2.55. The first-order valence-corrected chi connectivity index (χ1v) is 4.59. The smallest absolute Gasteiger partial charge is 0.124 e. The fourth-order valence-corrected chi connectivity index (χ4v) is 1.85. The Balaban J connectivity index is 2.36. The van der Waals surface area contributed by atoms with E-state index in [0.29, 0.717) is 5.92 Å². The van der Waals surface area contributed by atoms with Crippen molar-refractivity contribution in [3.63, 3.8) is 0 Å². The molecule has 66 valence electrons. The van der Waals surface area contributed by atoms with Crippen LogP contribution in [0.2, 0.25) is 0 Å². The predicted molar refractivity (Wildman–Crippen MR) is 47.9 cm³/mol. The minimum absolute atomic E-state index is 0.125. The van der Waals surface area contributed by atoms with E-state index in [-0.39, 0.29) is 6.04 Å². The van der Waals surface area contributed by atoms with Gasteiger partial charge in [-0.05, 0) is 24.0 Å². The average molecular weight is 165 g/mol. The van der Waals surface area contributed by atoms with Crippen molar-refractivity contribution in [1.82, 2.24) is 0 Å². The number of furan rings is 1. The molecule has 2 heteroatoms. The van der Waals surface area contributed by atoms with Gasteiger partial charge >= 0.3 is 0 Å². The third-order valence-electron chi connectivity index (χ3n) is 2.70. The van der Waals surface area contributed by atoms with E-state index >= 15 is 0 Å². The first-order chi connectivity index (χ1) is 5.72. The van der Waals surface area contributed by atoms with Gasteiger partial charge in [0.25, 0.3) is 0 Å². The Bertz CT molecular complexity index is 290. The molecule has 0 saturated carbocycles. The summed E-state index contributed by atoms with van der Waals surface area (Å²) in [6.07, 6.45) is 2.05. The first kappa shape index (κ1) is 7.87. The lowest BCUT2D eigenvalue weighted by Crippen LogP contribution is -2.13.